The molecule has 2 atom stereocenters. The van der Waals surface area contributed by atoms with E-state index in [1.165, 1.54) is 71.1 Å². The first kappa shape index (κ1) is 41.7. The third-order valence-electron chi connectivity index (χ3n) is 6.74. The summed E-state index contributed by atoms with van der Waals surface area (Å²) in [4.78, 5) is 23.4. The van der Waals surface area contributed by atoms with Crippen molar-refractivity contribution in [2.45, 2.75) is 123 Å². The third-order valence-corrected chi connectivity index (χ3v) is 7.71. The molecule has 0 fully saturated rings. The number of ether oxygens (including phenoxy) is 2. The summed E-state index contributed by atoms with van der Waals surface area (Å²) < 4.78 is 33.1. The smallest absolute Gasteiger partial charge is 0.303 e. The molecule has 0 radical (unpaired) electrons. The van der Waals surface area contributed by atoms with Gasteiger partial charge >= 0.3 is 5.97 Å². The van der Waals surface area contributed by atoms with E-state index in [0.717, 1.165) is 38.5 Å². The first-order valence-electron chi connectivity index (χ1n) is 16.7. The van der Waals surface area contributed by atoms with E-state index in [4.69, 9.17) is 18.5 Å². The van der Waals surface area contributed by atoms with Crippen molar-refractivity contribution in [2.24, 2.45) is 0 Å². The molecule has 0 saturated carbocycles. The first-order chi connectivity index (χ1) is 20.6. The Morgan fingerprint density at radius 3 is 1.77 bits per heavy atom. The summed E-state index contributed by atoms with van der Waals surface area (Å²) in [5.41, 5.74) is 0. The van der Waals surface area contributed by atoms with Gasteiger partial charge in [0.05, 0.1) is 34.4 Å². The minimum Gasteiger partial charge on any atom is -0.756 e. The van der Waals surface area contributed by atoms with E-state index in [-0.39, 0.29) is 19.8 Å². The summed E-state index contributed by atoms with van der Waals surface area (Å²) >= 11 is 0. The topological polar surface area (TPSA) is 94.1 Å². The van der Waals surface area contributed by atoms with Crippen LogP contribution in [0.3, 0.4) is 0 Å². The summed E-state index contributed by atoms with van der Waals surface area (Å²) in [6.07, 6.45) is 32.2. The highest BCUT2D eigenvalue weighted by Gasteiger charge is 2.19. The number of hydrogen-bond acceptors (Lipinski definition) is 7. The van der Waals surface area contributed by atoms with E-state index >= 15 is 0 Å². The zero-order chi connectivity index (χ0) is 32.1. The largest absolute Gasteiger partial charge is 0.756 e. The lowest BCUT2D eigenvalue weighted by Crippen LogP contribution is -2.37. The van der Waals surface area contributed by atoms with Gasteiger partial charge in [0, 0.05) is 13.5 Å². The van der Waals surface area contributed by atoms with Gasteiger partial charge in [-0.1, -0.05) is 101 Å². The minimum absolute atomic E-state index is 0.0195. The molecule has 0 aliphatic rings. The second kappa shape index (κ2) is 28.2. The Balaban J connectivity index is 3.72. The maximum Gasteiger partial charge on any atom is 0.303 e. The van der Waals surface area contributed by atoms with Gasteiger partial charge in [0.15, 0.2) is 0 Å². The Hall–Kier alpha value is -1.28. The molecule has 0 saturated heterocycles. The zero-order valence-corrected chi connectivity index (χ0v) is 29.0. The Morgan fingerprint density at radius 2 is 1.23 bits per heavy atom. The summed E-state index contributed by atoms with van der Waals surface area (Å²) in [7, 11) is 1.33. The van der Waals surface area contributed by atoms with Crippen LogP contribution < -0.4 is 4.89 Å². The molecule has 0 aromatic heterocycles. The number of phosphoric ester groups is 1. The monoisotopic (exact) mass is 629 g/mol. The zero-order valence-electron chi connectivity index (χ0n) is 28.1. The molecule has 252 valence electrons. The van der Waals surface area contributed by atoms with E-state index in [0.29, 0.717) is 17.6 Å². The van der Waals surface area contributed by atoms with Gasteiger partial charge in [0.25, 0.3) is 7.82 Å². The van der Waals surface area contributed by atoms with Crippen LogP contribution in [0.1, 0.15) is 117 Å². The number of hydrogen-bond donors (Lipinski definition) is 0. The molecule has 9 heteroatoms. The summed E-state index contributed by atoms with van der Waals surface area (Å²) in [6.45, 7) is 4.35. The molecule has 0 amide bonds. The normalized spacial score (nSPS) is 14.7. The van der Waals surface area contributed by atoms with Crippen molar-refractivity contribution < 1.29 is 37.3 Å². The Morgan fingerprint density at radius 1 is 0.721 bits per heavy atom. The summed E-state index contributed by atoms with van der Waals surface area (Å²) in [6, 6.07) is 0. The van der Waals surface area contributed by atoms with Crippen LogP contribution in [0.4, 0.5) is 0 Å². The molecular weight excluding hydrogens is 565 g/mol. The molecule has 0 N–H and O–H groups in total. The van der Waals surface area contributed by atoms with E-state index < -0.39 is 19.9 Å². The second-order valence-electron chi connectivity index (χ2n) is 12.2. The van der Waals surface area contributed by atoms with Gasteiger partial charge in [0.1, 0.15) is 19.3 Å². The molecule has 43 heavy (non-hydrogen) atoms. The number of carbonyl (C=O) groups is 1. The average molecular weight is 630 g/mol. The van der Waals surface area contributed by atoms with Crippen molar-refractivity contribution in [3.8, 4) is 0 Å². The molecule has 0 heterocycles. The number of phosphoric acid groups is 1. The summed E-state index contributed by atoms with van der Waals surface area (Å²) in [5.74, 6) is -0.516. The van der Waals surface area contributed by atoms with E-state index in [2.05, 4.69) is 43.4 Å². The van der Waals surface area contributed by atoms with Gasteiger partial charge in [-0.15, -0.1) is 0 Å². The van der Waals surface area contributed by atoms with E-state index in [9.17, 15) is 14.3 Å². The Kier molecular flexibility index (Phi) is 27.4. The van der Waals surface area contributed by atoms with Crippen LogP contribution in [-0.4, -0.2) is 70.7 Å². The quantitative estimate of drug-likeness (QED) is 0.0261. The van der Waals surface area contributed by atoms with Crippen molar-refractivity contribution in [3.63, 3.8) is 0 Å². The molecule has 0 aliphatic carbocycles. The molecule has 0 aliphatic heterocycles. The minimum atomic E-state index is -4.47. The standard InChI is InChI=1S/C34H64NO7P/c1-6-7-8-9-10-11-12-13-14-15-16-17-18-19-20-21-22-23-24-25-26-27-29-39-31-34(42-33(2)36)32-41-43(37,38)40-30-28-35(3,4)5/h12-13,15-16,18-19,34H,6-11,14,17,20-32H2,1-5H3/b13-12-,16-15-,19-18-. The Labute approximate surface area is 264 Å². The van der Waals surface area contributed by atoms with Gasteiger partial charge < -0.3 is 27.9 Å². The fourth-order valence-electron chi connectivity index (χ4n) is 4.20. The average Bonchev–Trinajstić information content (AvgIpc) is 2.93. The number of unbranched alkanes of at least 4 members (excludes halogenated alkanes) is 12. The van der Waals surface area contributed by atoms with Crippen molar-refractivity contribution in [1.82, 2.24) is 0 Å². The number of likely N-dealkylation sites (N-methyl/N-ethyl adjacent to an activating group) is 1. The van der Waals surface area contributed by atoms with Crippen LogP contribution in [0, 0.1) is 0 Å². The maximum absolute atomic E-state index is 12.0. The predicted octanol–water partition coefficient (Wildman–Crippen LogP) is 8.07. The number of nitrogens with zero attached hydrogens (tertiary/aromatic N) is 1. The lowest BCUT2D eigenvalue weighted by atomic mass is 10.1. The highest BCUT2D eigenvalue weighted by Crippen LogP contribution is 2.38. The fraction of sp³-hybridized carbons (Fsp3) is 0.794. The molecule has 0 rings (SSSR count). The fourth-order valence-corrected chi connectivity index (χ4v) is 4.93. The van der Waals surface area contributed by atoms with Crippen molar-refractivity contribution >= 4 is 13.8 Å². The van der Waals surface area contributed by atoms with Crippen LogP contribution >= 0.6 is 7.82 Å². The lowest BCUT2D eigenvalue weighted by molar-refractivity contribution is -0.870. The van der Waals surface area contributed by atoms with E-state index in [1.54, 1.807) is 0 Å². The van der Waals surface area contributed by atoms with Gasteiger partial charge in [-0.2, -0.15) is 0 Å². The lowest BCUT2D eigenvalue weighted by Gasteiger charge is -2.28. The molecule has 2 unspecified atom stereocenters. The molecular formula is C34H64NO7P. The third kappa shape index (κ3) is 33.5. The van der Waals surface area contributed by atoms with Crippen molar-refractivity contribution in [3.05, 3.63) is 36.5 Å². The maximum atomic E-state index is 12.0. The van der Waals surface area contributed by atoms with Crippen molar-refractivity contribution in [1.29, 1.82) is 0 Å². The van der Waals surface area contributed by atoms with Crippen LogP contribution in [0.2, 0.25) is 0 Å². The number of carbonyl (C=O) groups excluding carboxylic acids is 1. The molecule has 8 nitrogen and oxygen atoms in total. The number of esters is 1. The van der Waals surface area contributed by atoms with Gasteiger partial charge in [0.2, 0.25) is 0 Å². The number of allylic oxidation sites excluding steroid dienone is 6. The summed E-state index contributed by atoms with van der Waals surface area (Å²) in [5, 5.41) is 0. The SMILES string of the molecule is CCCCCCC/C=C\C/C=C\C/C=C\CCCCCCCCCOCC(COP(=O)([O-])OCC[N+](C)(C)C)OC(C)=O. The first-order valence-corrected chi connectivity index (χ1v) is 18.1. The molecule has 0 aromatic carbocycles. The number of rotatable bonds is 30. The van der Waals surface area contributed by atoms with E-state index in [1.807, 2.05) is 21.1 Å². The molecule has 0 bridgehead atoms. The second-order valence-corrected chi connectivity index (χ2v) is 13.7. The predicted molar refractivity (Wildman–Crippen MR) is 176 cm³/mol. The van der Waals surface area contributed by atoms with Crippen LogP contribution in [0.15, 0.2) is 36.5 Å². The van der Waals surface area contributed by atoms with Gasteiger partial charge in [-0.25, -0.2) is 0 Å². The van der Waals surface area contributed by atoms with Crippen LogP contribution in [-0.2, 0) is 27.9 Å². The van der Waals surface area contributed by atoms with Crippen LogP contribution in [0.25, 0.3) is 0 Å². The highest BCUT2D eigenvalue weighted by atomic mass is 31.2. The van der Waals surface area contributed by atoms with Crippen LogP contribution in [0.5, 0.6) is 0 Å². The molecule has 0 spiro atoms. The molecule has 0 aromatic rings. The van der Waals surface area contributed by atoms with Crippen molar-refractivity contribution in [2.75, 3.05) is 54.1 Å². The number of quaternary nitrogens is 1. The van der Waals surface area contributed by atoms with Gasteiger partial charge in [-0.3, -0.25) is 9.36 Å². The highest BCUT2D eigenvalue weighted by molar-refractivity contribution is 7.45. The van der Waals surface area contributed by atoms with Gasteiger partial charge in [-0.05, 0) is 44.9 Å². The Bertz CT molecular complexity index is 792.